The molecule has 17 heavy (non-hydrogen) atoms. The largest absolute Gasteiger partial charge is 0.382 e. The van der Waals surface area contributed by atoms with Gasteiger partial charge in [0.1, 0.15) is 0 Å². The Morgan fingerprint density at radius 2 is 2.24 bits per heavy atom. The number of hydrogen-bond donors (Lipinski definition) is 1. The van der Waals surface area contributed by atoms with Gasteiger partial charge in [0.05, 0.1) is 5.69 Å². The van der Waals surface area contributed by atoms with Crippen LogP contribution in [0.4, 0.5) is 5.69 Å². The van der Waals surface area contributed by atoms with Crippen LogP contribution in [0.15, 0.2) is 22.7 Å². The molecule has 1 N–H and O–H groups in total. The van der Waals surface area contributed by atoms with E-state index in [0.29, 0.717) is 19.6 Å². The van der Waals surface area contributed by atoms with Crippen LogP contribution in [0.3, 0.4) is 0 Å². The molecule has 0 aliphatic heterocycles. The number of carbonyl (C=O) groups is 1. The molecule has 0 unspecified atom stereocenters. The van der Waals surface area contributed by atoms with Gasteiger partial charge in [-0.15, -0.1) is 0 Å². The summed E-state index contributed by atoms with van der Waals surface area (Å²) in [6.07, 6.45) is 1.24. The number of hydrogen-bond acceptors (Lipinski definition) is 2. The highest BCUT2D eigenvalue weighted by Crippen LogP contribution is 2.23. The number of amides is 1. The summed E-state index contributed by atoms with van der Waals surface area (Å²) in [5.41, 5.74) is 1.98. The summed E-state index contributed by atoms with van der Waals surface area (Å²) < 4.78 is 6.10. The number of ether oxygens (including phenoxy) is 1. The molecule has 0 saturated heterocycles. The number of benzene rings is 1. The van der Waals surface area contributed by atoms with E-state index in [4.69, 9.17) is 4.74 Å². The van der Waals surface area contributed by atoms with Gasteiger partial charge in [-0.3, -0.25) is 4.79 Å². The van der Waals surface area contributed by atoms with Crippen molar-refractivity contribution in [1.82, 2.24) is 0 Å². The molecule has 0 aliphatic rings. The molecular weight excluding hydrogens is 282 g/mol. The van der Waals surface area contributed by atoms with Crippen molar-refractivity contribution in [2.24, 2.45) is 0 Å². The zero-order chi connectivity index (χ0) is 12.7. The number of halogens is 1. The molecule has 0 aliphatic carbocycles. The average Bonchev–Trinajstić information content (AvgIpc) is 2.28. The fourth-order valence-electron chi connectivity index (χ4n) is 1.41. The Morgan fingerprint density at radius 3 is 2.88 bits per heavy atom. The zero-order valence-corrected chi connectivity index (χ0v) is 11.8. The number of nitrogens with one attached hydrogen (secondary N) is 1. The van der Waals surface area contributed by atoms with E-state index < -0.39 is 0 Å². The van der Waals surface area contributed by atoms with E-state index >= 15 is 0 Å². The molecule has 0 atom stereocenters. The first-order valence-corrected chi connectivity index (χ1v) is 6.56. The second-order valence-electron chi connectivity index (χ2n) is 3.83. The summed E-state index contributed by atoms with van der Waals surface area (Å²) in [5.74, 6) is 0.0225. The maximum Gasteiger partial charge on any atom is 0.224 e. The van der Waals surface area contributed by atoms with Crippen molar-refractivity contribution < 1.29 is 9.53 Å². The Hall–Kier alpha value is -0.870. The highest BCUT2D eigenvalue weighted by Gasteiger charge is 2.05. The van der Waals surface area contributed by atoms with Crippen LogP contribution in [0.1, 0.15) is 25.3 Å². The molecule has 4 heteroatoms. The molecule has 0 spiro atoms. The Labute approximate surface area is 111 Å². The third-order valence-corrected chi connectivity index (χ3v) is 2.95. The first kappa shape index (κ1) is 14.2. The van der Waals surface area contributed by atoms with Crippen molar-refractivity contribution in [2.75, 3.05) is 18.5 Å². The van der Waals surface area contributed by atoms with Crippen LogP contribution in [0.25, 0.3) is 0 Å². The fraction of sp³-hybridized carbons (Fsp3) is 0.462. The molecular formula is C13H18BrNO2. The lowest BCUT2D eigenvalue weighted by atomic mass is 10.2. The quantitative estimate of drug-likeness (QED) is 0.816. The lowest BCUT2D eigenvalue weighted by molar-refractivity contribution is -0.116. The lowest BCUT2D eigenvalue weighted by Gasteiger charge is -2.08. The lowest BCUT2D eigenvalue weighted by Crippen LogP contribution is -2.12. The van der Waals surface area contributed by atoms with Crippen LogP contribution >= 0.6 is 15.9 Å². The van der Waals surface area contributed by atoms with Gasteiger partial charge in [-0.1, -0.05) is 6.07 Å². The SMILES string of the molecule is CCOCCCC(=O)Nc1ccc(C)cc1Br. The highest BCUT2D eigenvalue weighted by molar-refractivity contribution is 9.10. The van der Waals surface area contributed by atoms with Crippen molar-refractivity contribution >= 4 is 27.5 Å². The fourth-order valence-corrected chi connectivity index (χ4v) is 2.01. The summed E-state index contributed by atoms with van der Waals surface area (Å²) in [6, 6.07) is 5.86. The summed E-state index contributed by atoms with van der Waals surface area (Å²) in [7, 11) is 0. The van der Waals surface area contributed by atoms with E-state index in [1.54, 1.807) is 0 Å². The van der Waals surface area contributed by atoms with E-state index in [9.17, 15) is 4.79 Å². The third-order valence-electron chi connectivity index (χ3n) is 2.30. The van der Waals surface area contributed by atoms with E-state index in [0.717, 1.165) is 22.1 Å². The number of carbonyl (C=O) groups excluding carboxylic acids is 1. The van der Waals surface area contributed by atoms with Crippen LogP contribution < -0.4 is 5.32 Å². The number of anilines is 1. The first-order valence-electron chi connectivity index (χ1n) is 5.77. The number of rotatable bonds is 6. The van der Waals surface area contributed by atoms with E-state index in [1.807, 2.05) is 32.0 Å². The smallest absolute Gasteiger partial charge is 0.224 e. The molecule has 0 radical (unpaired) electrons. The Balaban J connectivity index is 2.40. The van der Waals surface area contributed by atoms with Crippen LogP contribution in [-0.2, 0) is 9.53 Å². The molecule has 1 rings (SSSR count). The van der Waals surface area contributed by atoms with Gasteiger partial charge in [-0.05, 0) is 53.9 Å². The average molecular weight is 300 g/mol. The molecule has 0 heterocycles. The summed E-state index contributed by atoms with van der Waals surface area (Å²) >= 11 is 3.43. The van der Waals surface area contributed by atoms with Gasteiger partial charge in [-0.2, -0.15) is 0 Å². The minimum atomic E-state index is 0.0225. The normalized spacial score (nSPS) is 10.3. The minimum absolute atomic E-state index is 0.0225. The van der Waals surface area contributed by atoms with Crippen molar-refractivity contribution in [3.63, 3.8) is 0 Å². The van der Waals surface area contributed by atoms with Crippen molar-refractivity contribution in [1.29, 1.82) is 0 Å². The molecule has 1 aromatic rings. The zero-order valence-electron chi connectivity index (χ0n) is 10.3. The summed E-state index contributed by atoms with van der Waals surface area (Å²) in [4.78, 5) is 11.6. The van der Waals surface area contributed by atoms with Gasteiger partial charge in [0.2, 0.25) is 5.91 Å². The predicted molar refractivity (Wildman–Crippen MR) is 73.2 cm³/mol. The second-order valence-corrected chi connectivity index (χ2v) is 4.69. The standard InChI is InChI=1S/C13H18BrNO2/c1-3-17-8-4-5-13(16)15-12-7-6-10(2)9-11(12)14/h6-7,9H,3-5,8H2,1-2H3,(H,15,16). The van der Waals surface area contributed by atoms with E-state index in [2.05, 4.69) is 21.2 Å². The maximum absolute atomic E-state index is 11.6. The first-order chi connectivity index (χ1) is 8.13. The molecule has 0 aromatic heterocycles. The highest BCUT2D eigenvalue weighted by atomic mass is 79.9. The van der Waals surface area contributed by atoms with Gasteiger partial charge in [-0.25, -0.2) is 0 Å². The Bertz CT molecular complexity index is 380. The maximum atomic E-state index is 11.6. The van der Waals surface area contributed by atoms with Gasteiger partial charge < -0.3 is 10.1 Å². The number of aryl methyl sites for hydroxylation is 1. The minimum Gasteiger partial charge on any atom is -0.382 e. The van der Waals surface area contributed by atoms with Gasteiger partial charge in [0, 0.05) is 24.1 Å². The van der Waals surface area contributed by atoms with Gasteiger partial charge in [0.15, 0.2) is 0 Å². The van der Waals surface area contributed by atoms with Gasteiger partial charge in [0.25, 0.3) is 0 Å². The summed E-state index contributed by atoms with van der Waals surface area (Å²) in [6.45, 7) is 5.30. The van der Waals surface area contributed by atoms with Crippen LogP contribution in [0.2, 0.25) is 0 Å². The Morgan fingerprint density at radius 1 is 1.47 bits per heavy atom. The molecule has 0 fully saturated rings. The molecule has 0 bridgehead atoms. The van der Waals surface area contributed by atoms with Crippen LogP contribution in [0, 0.1) is 6.92 Å². The van der Waals surface area contributed by atoms with E-state index in [-0.39, 0.29) is 5.91 Å². The second kappa shape index (κ2) is 7.45. The van der Waals surface area contributed by atoms with Gasteiger partial charge >= 0.3 is 0 Å². The van der Waals surface area contributed by atoms with Crippen molar-refractivity contribution in [2.45, 2.75) is 26.7 Å². The van der Waals surface area contributed by atoms with E-state index in [1.165, 1.54) is 0 Å². The Kier molecular flexibility index (Phi) is 6.22. The van der Waals surface area contributed by atoms with Crippen molar-refractivity contribution in [3.05, 3.63) is 28.2 Å². The topological polar surface area (TPSA) is 38.3 Å². The molecule has 3 nitrogen and oxygen atoms in total. The monoisotopic (exact) mass is 299 g/mol. The predicted octanol–water partition coefficient (Wildman–Crippen LogP) is 3.51. The van der Waals surface area contributed by atoms with Crippen LogP contribution in [-0.4, -0.2) is 19.1 Å². The molecule has 1 amide bonds. The van der Waals surface area contributed by atoms with Crippen molar-refractivity contribution in [3.8, 4) is 0 Å². The molecule has 94 valence electrons. The third kappa shape index (κ3) is 5.33. The summed E-state index contributed by atoms with van der Waals surface area (Å²) in [5, 5.41) is 2.87. The molecule has 1 aromatic carbocycles. The van der Waals surface area contributed by atoms with Crippen LogP contribution in [0.5, 0.6) is 0 Å². The molecule has 0 saturated carbocycles.